The van der Waals surface area contributed by atoms with E-state index in [9.17, 15) is 19.7 Å². The summed E-state index contributed by atoms with van der Waals surface area (Å²) in [5, 5.41) is 13.4. The molecule has 2 aromatic rings. The number of ether oxygens (including phenoxy) is 1. The molecule has 0 fully saturated rings. The predicted molar refractivity (Wildman–Crippen MR) is 96.0 cm³/mol. The van der Waals surface area contributed by atoms with Crippen LogP contribution in [-0.2, 0) is 20.9 Å². The molecule has 0 aliphatic rings. The largest absolute Gasteiger partial charge is 0.449 e. The molecule has 0 radical (unpaired) electrons. The smallest absolute Gasteiger partial charge is 0.331 e. The van der Waals surface area contributed by atoms with Gasteiger partial charge in [0.1, 0.15) is 0 Å². The van der Waals surface area contributed by atoms with Crippen molar-refractivity contribution >= 4 is 23.6 Å². The molecule has 0 aromatic heterocycles. The van der Waals surface area contributed by atoms with Crippen LogP contribution in [0.15, 0.2) is 60.7 Å². The average Bonchev–Trinajstić information content (AvgIpc) is 2.65. The molecule has 2 rings (SSSR count). The Labute approximate surface area is 150 Å². The van der Waals surface area contributed by atoms with Gasteiger partial charge in [0.15, 0.2) is 6.10 Å². The fourth-order valence-electron chi connectivity index (χ4n) is 2.10. The normalized spacial score (nSPS) is 11.7. The first-order valence-electron chi connectivity index (χ1n) is 7.90. The minimum absolute atomic E-state index is 0.0748. The summed E-state index contributed by atoms with van der Waals surface area (Å²) in [6, 6.07) is 15.2. The average molecular weight is 354 g/mol. The van der Waals surface area contributed by atoms with Gasteiger partial charge < -0.3 is 10.1 Å². The van der Waals surface area contributed by atoms with E-state index in [0.717, 1.165) is 11.6 Å². The second-order valence-electron chi connectivity index (χ2n) is 5.47. The topological polar surface area (TPSA) is 98.5 Å². The standard InChI is InChI=1S/C19H18N2O5/c1-14(19(23)20-13-16-6-3-2-4-7-16)26-18(22)11-10-15-8-5-9-17(12-15)21(24)25/h2-12,14H,13H2,1H3,(H,20,23)/b11-10+/t14-/m0/s1. The first-order valence-corrected chi connectivity index (χ1v) is 7.90. The number of nitrogens with one attached hydrogen (secondary N) is 1. The maximum Gasteiger partial charge on any atom is 0.331 e. The summed E-state index contributed by atoms with van der Waals surface area (Å²) < 4.78 is 5.03. The summed E-state index contributed by atoms with van der Waals surface area (Å²) in [7, 11) is 0. The van der Waals surface area contributed by atoms with Crippen LogP contribution >= 0.6 is 0 Å². The lowest BCUT2D eigenvalue weighted by Gasteiger charge is -2.12. The van der Waals surface area contributed by atoms with E-state index in [1.165, 1.54) is 31.2 Å². The zero-order valence-electron chi connectivity index (χ0n) is 14.1. The number of nitrogens with zero attached hydrogens (tertiary/aromatic N) is 1. The summed E-state index contributed by atoms with van der Waals surface area (Å²) >= 11 is 0. The maximum absolute atomic E-state index is 12.0. The summed E-state index contributed by atoms with van der Waals surface area (Å²) in [6.45, 7) is 1.81. The van der Waals surface area contributed by atoms with Gasteiger partial charge in [-0.05, 0) is 24.1 Å². The van der Waals surface area contributed by atoms with Crippen molar-refractivity contribution in [2.24, 2.45) is 0 Å². The van der Waals surface area contributed by atoms with Gasteiger partial charge in [-0.15, -0.1) is 0 Å². The lowest BCUT2D eigenvalue weighted by molar-refractivity contribution is -0.384. The quantitative estimate of drug-likeness (QED) is 0.357. The van der Waals surface area contributed by atoms with Crippen LogP contribution in [0.4, 0.5) is 5.69 Å². The Morgan fingerprint density at radius 1 is 1.19 bits per heavy atom. The van der Waals surface area contributed by atoms with Crippen LogP contribution in [0.3, 0.4) is 0 Å². The molecule has 134 valence electrons. The highest BCUT2D eigenvalue weighted by molar-refractivity contribution is 5.90. The predicted octanol–water partition coefficient (Wildman–Crippen LogP) is 2.86. The monoisotopic (exact) mass is 354 g/mol. The number of rotatable bonds is 7. The molecule has 26 heavy (non-hydrogen) atoms. The van der Waals surface area contributed by atoms with E-state index in [1.807, 2.05) is 30.3 Å². The molecule has 0 bridgehead atoms. The molecular weight excluding hydrogens is 336 g/mol. The number of carbonyl (C=O) groups is 2. The number of nitro groups is 1. The summed E-state index contributed by atoms with van der Waals surface area (Å²) in [5.74, 6) is -1.12. The third kappa shape index (κ3) is 5.86. The molecule has 2 aromatic carbocycles. The molecule has 0 aliphatic carbocycles. The summed E-state index contributed by atoms with van der Waals surface area (Å²) in [5.41, 5.74) is 1.34. The van der Waals surface area contributed by atoms with E-state index >= 15 is 0 Å². The number of non-ortho nitro benzene ring substituents is 1. The van der Waals surface area contributed by atoms with Crippen LogP contribution in [0.25, 0.3) is 6.08 Å². The van der Waals surface area contributed by atoms with Crippen molar-refractivity contribution in [3.63, 3.8) is 0 Å². The van der Waals surface area contributed by atoms with Gasteiger partial charge in [-0.3, -0.25) is 14.9 Å². The van der Waals surface area contributed by atoms with E-state index in [2.05, 4.69) is 5.32 Å². The van der Waals surface area contributed by atoms with Crippen LogP contribution in [-0.4, -0.2) is 22.9 Å². The number of nitro benzene ring substituents is 1. The van der Waals surface area contributed by atoms with Gasteiger partial charge in [0.05, 0.1) is 4.92 Å². The van der Waals surface area contributed by atoms with Crippen molar-refractivity contribution in [1.82, 2.24) is 5.32 Å². The minimum Gasteiger partial charge on any atom is -0.449 e. The van der Waals surface area contributed by atoms with Gasteiger partial charge in [-0.25, -0.2) is 4.79 Å². The van der Waals surface area contributed by atoms with Crippen molar-refractivity contribution in [1.29, 1.82) is 0 Å². The van der Waals surface area contributed by atoms with Crippen LogP contribution in [0.1, 0.15) is 18.1 Å². The molecule has 0 saturated carbocycles. The second-order valence-corrected chi connectivity index (χ2v) is 5.47. The first-order chi connectivity index (χ1) is 12.5. The van der Waals surface area contributed by atoms with Crippen LogP contribution in [0.2, 0.25) is 0 Å². The van der Waals surface area contributed by atoms with E-state index < -0.39 is 22.9 Å². The number of carbonyl (C=O) groups excluding carboxylic acids is 2. The molecular formula is C19H18N2O5. The molecule has 0 heterocycles. The van der Waals surface area contributed by atoms with Crippen molar-refractivity contribution in [2.75, 3.05) is 0 Å². The Morgan fingerprint density at radius 3 is 2.62 bits per heavy atom. The molecule has 1 N–H and O–H groups in total. The third-order valence-electron chi connectivity index (χ3n) is 3.46. The van der Waals surface area contributed by atoms with Gasteiger partial charge >= 0.3 is 5.97 Å². The van der Waals surface area contributed by atoms with Gasteiger partial charge in [-0.1, -0.05) is 42.5 Å². The van der Waals surface area contributed by atoms with Gasteiger partial charge in [-0.2, -0.15) is 0 Å². The number of benzene rings is 2. The molecule has 0 saturated heterocycles. The van der Waals surface area contributed by atoms with E-state index in [4.69, 9.17) is 4.74 Å². The second kappa shape index (κ2) is 9.12. The van der Waals surface area contributed by atoms with E-state index in [0.29, 0.717) is 12.1 Å². The van der Waals surface area contributed by atoms with E-state index in [1.54, 1.807) is 6.07 Å². The number of hydrogen-bond donors (Lipinski definition) is 1. The lowest BCUT2D eigenvalue weighted by Crippen LogP contribution is -2.35. The van der Waals surface area contributed by atoms with Crippen molar-refractivity contribution in [3.05, 3.63) is 81.9 Å². The Kier molecular flexibility index (Phi) is 6.61. The highest BCUT2D eigenvalue weighted by Crippen LogP contribution is 2.14. The van der Waals surface area contributed by atoms with Crippen LogP contribution < -0.4 is 5.32 Å². The fourth-order valence-corrected chi connectivity index (χ4v) is 2.10. The molecule has 0 unspecified atom stereocenters. The van der Waals surface area contributed by atoms with Crippen LogP contribution in [0, 0.1) is 10.1 Å². The summed E-state index contributed by atoms with van der Waals surface area (Å²) in [4.78, 5) is 34.0. The maximum atomic E-state index is 12.0. The molecule has 7 nitrogen and oxygen atoms in total. The van der Waals surface area contributed by atoms with Crippen LogP contribution in [0.5, 0.6) is 0 Å². The Hall–Kier alpha value is -3.48. The minimum atomic E-state index is -0.957. The summed E-state index contributed by atoms with van der Waals surface area (Å²) in [6.07, 6.45) is 1.56. The Bertz CT molecular complexity index is 818. The zero-order valence-corrected chi connectivity index (χ0v) is 14.1. The highest BCUT2D eigenvalue weighted by atomic mass is 16.6. The van der Waals surface area contributed by atoms with Gasteiger partial charge in [0.25, 0.3) is 11.6 Å². The number of hydrogen-bond acceptors (Lipinski definition) is 5. The Balaban J connectivity index is 1.85. The Morgan fingerprint density at radius 2 is 1.92 bits per heavy atom. The van der Waals surface area contributed by atoms with Crippen molar-refractivity contribution in [3.8, 4) is 0 Å². The lowest BCUT2D eigenvalue weighted by atomic mass is 10.2. The zero-order chi connectivity index (χ0) is 18.9. The number of amides is 1. The van der Waals surface area contributed by atoms with Gasteiger partial charge in [0, 0.05) is 24.8 Å². The van der Waals surface area contributed by atoms with Crippen molar-refractivity contribution < 1.29 is 19.2 Å². The van der Waals surface area contributed by atoms with E-state index in [-0.39, 0.29) is 5.69 Å². The molecule has 1 amide bonds. The fraction of sp³-hybridized carbons (Fsp3) is 0.158. The third-order valence-corrected chi connectivity index (χ3v) is 3.46. The highest BCUT2D eigenvalue weighted by Gasteiger charge is 2.16. The molecule has 0 spiro atoms. The molecule has 0 aliphatic heterocycles. The van der Waals surface area contributed by atoms with Crippen molar-refractivity contribution in [2.45, 2.75) is 19.6 Å². The number of esters is 1. The molecule has 7 heteroatoms. The first kappa shape index (κ1) is 18.9. The molecule has 1 atom stereocenters. The SMILES string of the molecule is C[C@H](OC(=O)/C=C/c1cccc([N+](=O)[O-])c1)C(=O)NCc1ccccc1. The van der Waals surface area contributed by atoms with Gasteiger partial charge in [0.2, 0.25) is 0 Å².